The second-order valence-corrected chi connectivity index (χ2v) is 7.17. The molecule has 1 aliphatic rings. The monoisotopic (exact) mass is 375 g/mol. The molecular formula is C21H26FNO4. The Labute approximate surface area is 158 Å². The molecule has 2 atom stereocenters. The molecule has 0 radical (unpaired) electrons. The molecule has 5 nitrogen and oxygen atoms in total. The van der Waals surface area contributed by atoms with Crippen molar-refractivity contribution in [2.75, 3.05) is 13.1 Å². The van der Waals surface area contributed by atoms with Gasteiger partial charge in [-0.25, -0.2) is 4.39 Å². The first kappa shape index (κ1) is 19.6. The summed E-state index contributed by atoms with van der Waals surface area (Å²) in [6.07, 6.45) is 0.338. The van der Waals surface area contributed by atoms with Crippen molar-refractivity contribution in [2.45, 2.75) is 43.5 Å². The second-order valence-electron chi connectivity index (χ2n) is 7.17. The Bertz CT molecular complexity index is 666. The number of aromatic hydroxyl groups is 1. The summed E-state index contributed by atoms with van der Waals surface area (Å²) in [5.74, 6) is 0.393. The first-order chi connectivity index (χ1) is 12.9. The quantitative estimate of drug-likeness (QED) is 0.597. The minimum atomic E-state index is -1.13. The smallest absolute Gasteiger partial charge is 0.123 e. The van der Waals surface area contributed by atoms with Crippen molar-refractivity contribution < 1.29 is 24.4 Å². The fraction of sp³-hybridized carbons (Fsp3) is 0.429. The normalized spacial score (nSPS) is 18.6. The van der Waals surface area contributed by atoms with Crippen molar-refractivity contribution in [3.05, 3.63) is 59.9 Å². The van der Waals surface area contributed by atoms with Crippen molar-refractivity contribution in [1.82, 2.24) is 5.32 Å². The van der Waals surface area contributed by atoms with Crippen molar-refractivity contribution in [3.8, 4) is 11.5 Å². The predicted molar refractivity (Wildman–Crippen MR) is 100 cm³/mol. The Morgan fingerprint density at radius 3 is 2.30 bits per heavy atom. The molecule has 0 amide bonds. The topological polar surface area (TPSA) is 82.0 Å². The number of halogens is 1. The highest BCUT2D eigenvalue weighted by Crippen LogP contribution is 2.28. The SMILES string of the molecule is Oc1ccc(OC(Cc2ccc(F)cc2)CC(O)C2(O)CCNCC2)cc1. The molecule has 0 saturated carbocycles. The Kier molecular flexibility index (Phi) is 6.31. The number of hydrogen-bond donors (Lipinski definition) is 4. The van der Waals surface area contributed by atoms with Gasteiger partial charge < -0.3 is 25.4 Å². The minimum absolute atomic E-state index is 0.140. The molecular weight excluding hydrogens is 349 g/mol. The summed E-state index contributed by atoms with van der Waals surface area (Å²) in [4.78, 5) is 0. The molecule has 1 aliphatic heterocycles. The average molecular weight is 375 g/mol. The van der Waals surface area contributed by atoms with E-state index in [0.29, 0.717) is 38.1 Å². The molecule has 1 heterocycles. The van der Waals surface area contributed by atoms with E-state index in [1.807, 2.05) is 0 Å². The van der Waals surface area contributed by atoms with Gasteiger partial charge in [-0.3, -0.25) is 0 Å². The molecule has 0 spiro atoms. The largest absolute Gasteiger partial charge is 0.508 e. The highest BCUT2D eigenvalue weighted by Gasteiger charge is 2.38. The standard InChI is InChI=1S/C21H26FNO4/c22-16-3-1-15(2-4-16)13-19(27-18-7-5-17(24)6-8-18)14-20(25)21(26)9-11-23-12-10-21/h1-8,19-20,23-26H,9-14H2. The molecule has 0 aliphatic carbocycles. The maximum Gasteiger partial charge on any atom is 0.123 e. The van der Waals surface area contributed by atoms with Gasteiger partial charge in [-0.05, 0) is 67.9 Å². The molecule has 3 rings (SSSR count). The van der Waals surface area contributed by atoms with Crippen LogP contribution in [0.3, 0.4) is 0 Å². The zero-order valence-corrected chi connectivity index (χ0v) is 15.1. The highest BCUT2D eigenvalue weighted by molar-refractivity contribution is 5.30. The molecule has 0 aromatic heterocycles. The van der Waals surface area contributed by atoms with Gasteiger partial charge in [-0.2, -0.15) is 0 Å². The molecule has 27 heavy (non-hydrogen) atoms. The lowest BCUT2D eigenvalue weighted by atomic mass is 9.83. The van der Waals surface area contributed by atoms with Gasteiger partial charge >= 0.3 is 0 Å². The average Bonchev–Trinajstić information content (AvgIpc) is 2.66. The summed E-state index contributed by atoms with van der Waals surface area (Å²) >= 11 is 0. The van der Waals surface area contributed by atoms with E-state index >= 15 is 0 Å². The number of ether oxygens (including phenoxy) is 1. The fourth-order valence-corrected chi connectivity index (χ4v) is 3.43. The van der Waals surface area contributed by atoms with Crippen molar-refractivity contribution in [2.24, 2.45) is 0 Å². The van der Waals surface area contributed by atoms with E-state index in [4.69, 9.17) is 4.74 Å². The van der Waals surface area contributed by atoms with Gasteiger partial charge in [0.1, 0.15) is 23.4 Å². The van der Waals surface area contributed by atoms with Crippen molar-refractivity contribution >= 4 is 0 Å². The molecule has 2 unspecified atom stereocenters. The van der Waals surface area contributed by atoms with Gasteiger partial charge in [-0.15, -0.1) is 0 Å². The first-order valence-corrected chi connectivity index (χ1v) is 9.26. The van der Waals surface area contributed by atoms with Gasteiger partial charge in [0.05, 0.1) is 11.7 Å². The Hall–Kier alpha value is -2.15. The van der Waals surface area contributed by atoms with Crippen LogP contribution >= 0.6 is 0 Å². The summed E-state index contributed by atoms with van der Waals surface area (Å²) in [6.45, 7) is 1.32. The van der Waals surface area contributed by atoms with Gasteiger partial charge in [0.2, 0.25) is 0 Å². The number of piperidine rings is 1. The Balaban J connectivity index is 1.73. The number of nitrogens with one attached hydrogen (secondary N) is 1. The van der Waals surface area contributed by atoms with E-state index in [2.05, 4.69) is 5.32 Å². The van der Waals surface area contributed by atoms with E-state index < -0.39 is 17.8 Å². The van der Waals surface area contributed by atoms with Gasteiger partial charge in [-0.1, -0.05) is 12.1 Å². The van der Waals surface area contributed by atoms with Crippen LogP contribution in [0.5, 0.6) is 11.5 Å². The van der Waals surface area contributed by atoms with Crippen molar-refractivity contribution in [3.63, 3.8) is 0 Å². The lowest BCUT2D eigenvalue weighted by Crippen LogP contribution is -2.51. The molecule has 146 valence electrons. The fourth-order valence-electron chi connectivity index (χ4n) is 3.43. The summed E-state index contributed by atoms with van der Waals surface area (Å²) < 4.78 is 19.2. The lowest BCUT2D eigenvalue weighted by Gasteiger charge is -2.38. The van der Waals surface area contributed by atoms with Crippen LogP contribution in [-0.4, -0.2) is 46.2 Å². The van der Waals surface area contributed by atoms with Crippen LogP contribution in [0.25, 0.3) is 0 Å². The van der Waals surface area contributed by atoms with Crippen LogP contribution in [0, 0.1) is 5.82 Å². The van der Waals surface area contributed by atoms with E-state index in [1.165, 1.54) is 24.3 Å². The third kappa shape index (κ3) is 5.42. The number of hydrogen-bond acceptors (Lipinski definition) is 5. The maximum absolute atomic E-state index is 13.2. The third-order valence-corrected chi connectivity index (χ3v) is 5.09. The number of phenols is 1. The molecule has 1 fully saturated rings. The van der Waals surface area contributed by atoms with Crippen LogP contribution in [0.1, 0.15) is 24.8 Å². The molecule has 6 heteroatoms. The van der Waals surface area contributed by atoms with Crippen LogP contribution in [0.2, 0.25) is 0 Å². The van der Waals surface area contributed by atoms with Gasteiger partial charge in [0.15, 0.2) is 0 Å². The van der Waals surface area contributed by atoms with E-state index in [1.54, 1.807) is 24.3 Å². The molecule has 2 aromatic rings. The summed E-state index contributed by atoms with van der Waals surface area (Å²) in [7, 11) is 0. The van der Waals surface area contributed by atoms with Crippen LogP contribution in [0.15, 0.2) is 48.5 Å². The van der Waals surface area contributed by atoms with Crippen LogP contribution < -0.4 is 10.1 Å². The highest BCUT2D eigenvalue weighted by atomic mass is 19.1. The van der Waals surface area contributed by atoms with E-state index in [9.17, 15) is 19.7 Å². The summed E-state index contributed by atoms with van der Waals surface area (Å²) in [5.41, 5.74) is -0.255. The minimum Gasteiger partial charge on any atom is -0.508 e. The van der Waals surface area contributed by atoms with E-state index in [-0.39, 0.29) is 18.0 Å². The Morgan fingerprint density at radius 1 is 1.04 bits per heavy atom. The molecule has 1 saturated heterocycles. The maximum atomic E-state index is 13.2. The zero-order valence-electron chi connectivity index (χ0n) is 15.1. The Morgan fingerprint density at radius 2 is 1.67 bits per heavy atom. The van der Waals surface area contributed by atoms with Gasteiger partial charge in [0, 0.05) is 12.8 Å². The number of rotatable bonds is 7. The summed E-state index contributed by atoms with van der Waals surface area (Å²) in [6, 6.07) is 12.5. The lowest BCUT2D eigenvalue weighted by molar-refractivity contribution is -0.105. The third-order valence-electron chi connectivity index (χ3n) is 5.09. The van der Waals surface area contributed by atoms with E-state index in [0.717, 1.165) is 5.56 Å². The van der Waals surface area contributed by atoms with Crippen LogP contribution in [0.4, 0.5) is 4.39 Å². The van der Waals surface area contributed by atoms with Crippen LogP contribution in [-0.2, 0) is 6.42 Å². The van der Waals surface area contributed by atoms with Crippen molar-refractivity contribution in [1.29, 1.82) is 0 Å². The predicted octanol–water partition coefficient (Wildman–Crippen LogP) is 2.39. The second kappa shape index (κ2) is 8.69. The number of phenolic OH excluding ortho intramolecular Hbond substituents is 1. The number of aliphatic hydroxyl groups is 2. The number of aliphatic hydroxyl groups excluding tert-OH is 1. The number of benzene rings is 2. The molecule has 2 aromatic carbocycles. The molecule has 0 bridgehead atoms. The first-order valence-electron chi connectivity index (χ1n) is 9.26. The zero-order chi connectivity index (χ0) is 19.3. The summed E-state index contributed by atoms with van der Waals surface area (Å²) in [5, 5.41) is 34.1. The van der Waals surface area contributed by atoms with Gasteiger partial charge in [0.25, 0.3) is 0 Å². The molecule has 4 N–H and O–H groups in total.